The van der Waals surface area contributed by atoms with Gasteiger partial charge in [-0.1, -0.05) is 12.1 Å². The molecule has 4 heteroatoms. The Labute approximate surface area is 119 Å². The molecule has 0 aliphatic rings. The molecule has 0 bridgehead atoms. The summed E-state index contributed by atoms with van der Waals surface area (Å²) in [5, 5.41) is 0. The van der Waals surface area contributed by atoms with Gasteiger partial charge in [-0.25, -0.2) is 0 Å². The zero-order chi connectivity index (χ0) is 15.0. The topological polar surface area (TPSA) is 52.6 Å². The van der Waals surface area contributed by atoms with E-state index in [2.05, 4.69) is 11.8 Å². The van der Waals surface area contributed by atoms with Gasteiger partial charge in [0.25, 0.3) is 0 Å². The second kappa shape index (κ2) is 8.00. The van der Waals surface area contributed by atoms with E-state index in [0.717, 1.165) is 0 Å². The van der Waals surface area contributed by atoms with E-state index in [1.807, 2.05) is 0 Å². The molecular formula is C16H18O4. The van der Waals surface area contributed by atoms with Crippen LogP contribution in [0.1, 0.15) is 30.1 Å². The number of esters is 1. The van der Waals surface area contributed by atoms with Crippen LogP contribution in [-0.4, -0.2) is 26.0 Å². The van der Waals surface area contributed by atoms with Crippen molar-refractivity contribution >= 4 is 11.8 Å². The molecule has 1 unspecified atom stereocenters. The summed E-state index contributed by atoms with van der Waals surface area (Å²) in [6.45, 7) is 1.72. The third-order valence-electron chi connectivity index (χ3n) is 2.91. The van der Waals surface area contributed by atoms with E-state index < -0.39 is 11.9 Å². The van der Waals surface area contributed by atoms with Crippen molar-refractivity contribution in [3.63, 3.8) is 0 Å². The van der Waals surface area contributed by atoms with Gasteiger partial charge in [-0.15, -0.1) is 11.8 Å². The summed E-state index contributed by atoms with van der Waals surface area (Å²) < 4.78 is 9.87. The predicted octanol–water partition coefficient (Wildman–Crippen LogP) is 2.47. The predicted molar refractivity (Wildman–Crippen MR) is 75.5 cm³/mol. The molecule has 1 rings (SSSR count). The number of para-hydroxylation sites is 1. The Morgan fingerprint density at radius 1 is 1.25 bits per heavy atom. The number of carbonyl (C=O) groups is 2. The lowest BCUT2D eigenvalue weighted by Gasteiger charge is -2.14. The van der Waals surface area contributed by atoms with Crippen molar-refractivity contribution < 1.29 is 19.1 Å². The molecule has 0 amide bonds. The Balaban J connectivity index is 3.02. The largest absolute Gasteiger partial charge is 0.496 e. The Morgan fingerprint density at radius 3 is 2.55 bits per heavy atom. The van der Waals surface area contributed by atoms with Crippen LogP contribution in [0, 0.1) is 17.8 Å². The second-order valence-electron chi connectivity index (χ2n) is 4.11. The number of hydrogen-bond acceptors (Lipinski definition) is 4. The summed E-state index contributed by atoms with van der Waals surface area (Å²) >= 11 is 0. The number of ketones is 1. The van der Waals surface area contributed by atoms with Crippen molar-refractivity contribution in [1.82, 2.24) is 0 Å². The fourth-order valence-electron chi connectivity index (χ4n) is 1.88. The summed E-state index contributed by atoms with van der Waals surface area (Å²) in [6, 6.07) is 6.83. The lowest BCUT2D eigenvalue weighted by molar-refractivity contribution is -0.143. The molecule has 4 nitrogen and oxygen atoms in total. The van der Waals surface area contributed by atoms with E-state index >= 15 is 0 Å². The van der Waals surface area contributed by atoms with Crippen LogP contribution in [0.5, 0.6) is 5.75 Å². The number of carbonyl (C=O) groups excluding carboxylic acids is 2. The van der Waals surface area contributed by atoms with Gasteiger partial charge in [0.15, 0.2) is 5.78 Å². The van der Waals surface area contributed by atoms with Gasteiger partial charge < -0.3 is 9.47 Å². The van der Waals surface area contributed by atoms with E-state index in [0.29, 0.717) is 24.2 Å². The van der Waals surface area contributed by atoms with Crippen LogP contribution in [-0.2, 0) is 9.53 Å². The SMILES string of the molecule is CC#CCCC(C(=O)OC)C(=O)c1ccccc1OC. The minimum Gasteiger partial charge on any atom is -0.496 e. The van der Waals surface area contributed by atoms with E-state index in [1.165, 1.54) is 14.2 Å². The van der Waals surface area contributed by atoms with Crippen molar-refractivity contribution in [2.45, 2.75) is 19.8 Å². The fraction of sp³-hybridized carbons (Fsp3) is 0.375. The van der Waals surface area contributed by atoms with Gasteiger partial charge >= 0.3 is 5.97 Å². The third-order valence-corrected chi connectivity index (χ3v) is 2.91. The van der Waals surface area contributed by atoms with Gasteiger partial charge in [-0.05, 0) is 25.5 Å². The maximum absolute atomic E-state index is 12.5. The number of Topliss-reactive ketones (excluding diaryl/α,β-unsaturated/α-hetero) is 1. The summed E-state index contributed by atoms with van der Waals surface area (Å²) in [4.78, 5) is 24.3. The van der Waals surface area contributed by atoms with Crippen LogP contribution in [0.3, 0.4) is 0 Å². The molecular weight excluding hydrogens is 256 g/mol. The summed E-state index contributed by atoms with van der Waals surface area (Å²) in [7, 11) is 2.76. The van der Waals surface area contributed by atoms with Crippen molar-refractivity contribution in [1.29, 1.82) is 0 Å². The van der Waals surface area contributed by atoms with Crippen LogP contribution in [0.4, 0.5) is 0 Å². The summed E-state index contributed by atoms with van der Waals surface area (Å²) in [5.41, 5.74) is 0.384. The van der Waals surface area contributed by atoms with Crippen molar-refractivity contribution in [2.24, 2.45) is 5.92 Å². The highest BCUT2D eigenvalue weighted by atomic mass is 16.5. The molecule has 0 aliphatic heterocycles. The van der Waals surface area contributed by atoms with Gasteiger partial charge in [-0.3, -0.25) is 9.59 Å². The maximum atomic E-state index is 12.5. The highest BCUT2D eigenvalue weighted by molar-refractivity contribution is 6.10. The van der Waals surface area contributed by atoms with Gasteiger partial charge in [0, 0.05) is 6.42 Å². The van der Waals surface area contributed by atoms with Gasteiger partial charge in [0.2, 0.25) is 0 Å². The Morgan fingerprint density at radius 2 is 1.95 bits per heavy atom. The summed E-state index contributed by atoms with van der Waals surface area (Å²) in [6.07, 6.45) is 0.807. The quantitative estimate of drug-likeness (QED) is 0.346. The van der Waals surface area contributed by atoms with Gasteiger partial charge in [0.05, 0.1) is 19.8 Å². The molecule has 0 fully saturated rings. The standard InChI is InChI=1S/C16H18O4/c1-4-5-6-10-13(16(18)20-3)15(17)12-9-7-8-11-14(12)19-2/h7-9,11,13H,6,10H2,1-3H3. The van der Waals surface area contributed by atoms with Crippen LogP contribution >= 0.6 is 0 Å². The van der Waals surface area contributed by atoms with Crippen LogP contribution in [0.2, 0.25) is 0 Å². The Bertz CT molecular complexity index is 537. The molecule has 1 aromatic rings. The normalized spacial score (nSPS) is 10.9. The highest BCUT2D eigenvalue weighted by Crippen LogP contribution is 2.23. The number of hydrogen-bond donors (Lipinski definition) is 0. The number of benzene rings is 1. The lowest BCUT2D eigenvalue weighted by Crippen LogP contribution is -2.25. The lowest BCUT2D eigenvalue weighted by atomic mass is 9.93. The van der Waals surface area contributed by atoms with E-state index in [4.69, 9.17) is 9.47 Å². The first-order valence-corrected chi connectivity index (χ1v) is 6.30. The van der Waals surface area contributed by atoms with Crippen molar-refractivity contribution in [3.05, 3.63) is 29.8 Å². The average molecular weight is 274 g/mol. The molecule has 1 aromatic carbocycles. The van der Waals surface area contributed by atoms with E-state index in [1.54, 1.807) is 31.2 Å². The third kappa shape index (κ3) is 3.86. The molecule has 0 saturated carbocycles. The molecule has 0 saturated heterocycles. The number of rotatable bonds is 6. The van der Waals surface area contributed by atoms with Crippen LogP contribution in [0.15, 0.2) is 24.3 Å². The molecule has 0 heterocycles. The van der Waals surface area contributed by atoms with Crippen molar-refractivity contribution in [3.8, 4) is 17.6 Å². The molecule has 0 spiro atoms. The highest BCUT2D eigenvalue weighted by Gasteiger charge is 2.29. The molecule has 0 radical (unpaired) electrons. The van der Waals surface area contributed by atoms with Crippen molar-refractivity contribution in [2.75, 3.05) is 14.2 Å². The smallest absolute Gasteiger partial charge is 0.316 e. The van der Waals surface area contributed by atoms with Gasteiger partial charge in [0.1, 0.15) is 11.7 Å². The summed E-state index contributed by atoms with van der Waals surface area (Å²) in [5.74, 6) is 4.35. The molecule has 0 aliphatic carbocycles. The molecule has 0 N–H and O–H groups in total. The minimum absolute atomic E-state index is 0.299. The monoisotopic (exact) mass is 274 g/mol. The number of methoxy groups -OCH3 is 2. The maximum Gasteiger partial charge on any atom is 0.316 e. The number of ether oxygens (including phenoxy) is 2. The average Bonchev–Trinajstić information content (AvgIpc) is 2.50. The zero-order valence-corrected chi connectivity index (χ0v) is 11.9. The zero-order valence-electron chi connectivity index (χ0n) is 11.9. The van der Waals surface area contributed by atoms with E-state index in [9.17, 15) is 9.59 Å². The van der Waals surface area contributed by atoms with E-state index in [-0.39, 0.29) is 5.78 Å². The molecule has 106 valence electrons. The minimum atomic E-state index is -0.850. The Hall–Kier alpha value is -2.28. The first-order chi connectivity index (χ1) is 9.65. The molecule has 20 heavy (non-hydrogen) atoms. The van der Waals surface area contributed by atoms with Gasteiger partial charge in [-0.2, -0.15) is 0 Å². The first-order valence-electron chi connectivity index (χ1n) is 6.30. The second-order valence-corrected chi connectivity index (χ2v) is 4.11. The molecule has 0 aromatic heterocycles. The van der Waals surface area contributed by atoms with Crippen LogP contribution in [0.25, 0.3) is 0 Å². The molecule has 1 atom stereocenters. The fourth-order valence-corrected chi connectivity index (χ4v) is 1.88. The van der Waals surface area contributed by atoms with Crippen LogP contribution < -0.4 is 4.74 Å². The first kappa shape index (κ1) is 15.8. The Kier molecular flexibility index (Phi) is 6.31.